The van der Waals surface area contributed by atoms with Gasteiger partial charge in [0, 0.05) is 0 Å². The predicted molar refractivity (Wildman–Crippen MR) is 115 cm³/mol. The van der Waals surface area contributed by atoms with Gasteiger partial charge in [0.2, 0.25) is 5.91 Å². The van der Waals surface area contributed by atoms with Gasteiger partial charge in [-0.3, -0.25) is 19.3 Å². The van der Waals surface area contributed by atoms with Crippen LogP contribution >= 0.6 is 12.6 Å². The summed E-state index contributed by atoms with van der Waals surface area (Å²) in [5.41, 5.74) is 2.14. The third kappa shape index (κ3) is 4.86. The molecular weight excluding hydrogens is 388 g/mol. The molecule has 0 fully saturated rings. The second kappa shape index (κ2) is 8.53. The molecular formula is C22H22N2O4S. The monoisotopic (exact) mass is 410 g/mol. The van der Waals surface area contributed by atoms with E-state index in [9.17, 15) is 19.5 Å². The van der Waals surface area contributed by atoms with Crippen LogP contribution in [-0.2, 0) is 20.8 Å². The molecule has 150 valence electrons. The van der Waals surface area contributed by atoms with E-state index in [1.54, 1.807) is 43.3 Å². The van der Waals surface area contributed by atoms with Crippen molar-refractivity contribution in [3.8, 4) is 0 Å². The summed E-state index contributed by atoms with van der Waals surface area (Å²) in [6, 6.07) is 15.5. The van der Waals surface area contributed by atoms with Crippen LogP contribution in [0.25, 0.3) is 6.08 Å². The van der Waals surface area contributed by atoms with Gasteiger partial charge in [0.05, 0.1) is 10.4 Å². The molecule has 2 unspecified atom stereocenters. The number of anilines is 1. The number of para-hydroxylation sites is 1. The van der Waals surface area contributed by atoms with Crippen molar-refractivity contribution in [2.45, 2.75) is 24.1 Å². The maximum atomic E-state index is 13.0. The molecule has 2 atom stereocenters. The first-order chi connectivity index (χ1) is 13.8. The zero-order valence-corrected chi connectivity index (χ0v) is 16.8. The minimum atomic E-state index is -1.14. The van der Waals surface area contributed by atoms with Gasteiger partial charge in [0.15, 0.2) is 0 Å². The highest BCUT2D eigenvalue weighted by Gasteiger charge is 2.35. The molecule has 0 bridgehead atoms. The van der Waals surface area contributed by atoms with Crippen LogP contribution in [0.5, 0.6) is 0 Å². The number of carboxylic acids is 1. The molecule has 0 saturated carbocycles. The first-order valence-electron chi connectivity index (χ1n) is 9.15. The average molecular weight is 410 g/mol. The van der Waals surface area contributed by atoms with E-state index >= 15 is 0 Å². The van der Waals surface area contributed by atoms with Crippen molar-refractivity contribution in [1.29, 1.82) is 0 Å². The molecule has 0 saturated heterocycles. The number of fused-ring (bicyclic) bond motifs is 1. The van der Waals surface area contributed by atoms with Gasteiger partial charge in [-0.15, -0.1) is 0 Å². The Labute approximate surface area is 174 Å². The van der Waals surface area contributed by atoms with Crippen molar-refractivity contribution in [1.82, 2.24) is 5.32 Å². The van der Waals surface area contributed by atoms with Crippen LogP contribution in [0, 0.1) is 0 Å². The van der Waals surface area contributed by atoms with E-state index in [0.29, 0.717) is 17.7 Å². The number of aliphatic carboxylic acids is 1. The first-order valence-corrected chi connectivity index (χ1v) is 9.60. The lowest BCUT2D eigenvalue weighted by Gasteiger charge is -2.28. The zero-order valence-electron chi connectivity index (χ0n) is 15.9. The van der Waals surface area contributed by atoms with Crippen LogP contribution in [0.1, 0.15) is 18.1 Å². The lowest BCUT2D eigenvalue weighted by molar-refractivity contribution is -0.136. The Morgan fingerprint density at radius 2 is 1.79 bits per heavy atom. The van der Waals surface area contributed by atoms with Gasteiger partial charge in [0.1, 0.15) is 12.6 Å². The highest BCUT2D eigenvalue weighted by molar-refractivity contribution is 7.82. The third-order valence-electron chi connectivity index (χ3n) is 4.69. The normalized spacial score (nSPS) is 17.8. The maximum absolute atomic E-state index is 13.0. The van der Waals surface area contributed by atoms with Gasteiger partial charge in [-0.25, -0.2) is 0 Å². The van der Waals surface area contributed by atoms with E-state index in [-0.39, 0.29) is 0 Å². The van der Waals surface area contributed by atoms with Crippen molar-refractivity contribution < 1.29 is 19.5 Å². The molecule has 1 aliphatic rings. The SMILES string of the molecule is CC(S)(Cc1ccccc1)C(=O)NC1C=Cc2ccccc2N(CC(=O)O)C1=O. The molecule has 2 amide bonds. The minimum Gasteiger partial charge on any atom is -0.480 e. The fourth-order valence-electron chi connectivity index (χ4n) is 3.22. The molecule has 6 nitrogen and oxygen atoms in total. The Bertz CT molecular complexity index is 956. The van der Waals surface area contributed by atoms with Gasteiger partial charge in [-0.05, 0) is 30.5 Å². The molecule has 2 N–H and O–H groups in total. The molecule has 29 heavy (non-hydrogen) atoms. The number of carboxylic acid groups (broad SMARTS) is 1. The van der Waals surface area contributed by atoms with Crippen molar-refractivity contribution >= 4 is 42.2 Å². The van der Waals surface area contributed by atoms with Crippen molar-refractivity contribution in [3.05, 3.63) is 71.8 Å². The topological polar surface area (TPSA) is 86.7 Å². The predicted octanol–water partition coefficient (Wildman–Crippen LogP) is 2.55. The number of carbonyl (C=O) groups excluding carboxylic acids is 2. The molecule has 2 aromatic rings. The summed E-state index contributed by atoms with van der Waals surface area (Å²) in [5, 5.41) is 12.0. The molecule has 0 radical (unpaired) electrons. The minimum absolute atomic E-state index is 0.381. The van der Waals surface area contributed by atoms with Crippen molar-refractivity contribution in [2.75, 3.05) is 11.4 Å². The van der Waals surface area contributed by atoms with Crippen molar-refractivity contribution in [2.24, 2.45) is 0 Å². The zero-order chi connectivity index (χ0) is 21.0. The standard InChI is InChI=1S/C22H22N2O4S/c1-22(29,13-15-7-3-2-4-8-15)21(28)23-17-12-11-16-9-5-6-10-18(16)24(20(17)27)14-19(25)26/h2-12,17,29H,13-14H2,1H3,(H,23,28)(H,25,26). The highest BCUT2D eigenvalue weighted by Crippen LogP contribution is 2.26. The second-order valence-electron chi connectivity index (χ2n) is 7.12. The number of thiol groups is 1. The molecule has 3 rings (SSSR count). The van der Waals surface area contributed by atoms with E-state index in [1.165, 1.54) is 4.90 Å². The van der Waals surface area contributed by atoms with Crippen LogP contribution in [-0.4, -0.2) is 40.2 Å². The van der Waals surface area contributed by atoms with E-state index < -0.39 is 35.1 Å². The molecule has 1 aliphatic heterocycles. The Hall–Kier alpha value is -3.06. The second-order valence-corrected chi connectivity index (χ2v) is 8.11. The number of nitrogens with zero attached hydrogens (tertiary/aromatic N) is 1. The summed E-state index contributed by atoms with van der Waals surface area (Å²) in [5.74, 6) is -2.05. The number of hydrogen-bond donors (Lipinski definition) is 3. The summed E-state index contributed by atoms with van der Waals surface area (Å²) in [6.45, 7) is 1.19. The lowest BCUT2D eigenvalue weighted by Crippen LogP contribution is -2.53. The fraction of sp³-hybridized carbons (Fsp3) is 0.227. The summed E-state index contributed by atoms with van der Waals surface area (Å²) >= 11 is 4.52. The van der Waals surface area contributed by atoms with Crippen molar-refractivity contribution in [3.63, 3.8) is 0 Å². The smallest absolute Gasteiger partial charge is 0.323 e. The van der Waals surface area contributed by atoms with Gasteiger partial charge in [0.25, 0.3) is 5.91 Å². The van der Waals surface area contributed by atoms with E-state index in [0.717, 1.165) is 5.56 Å². The average Bonchev–Trinajstić information content (AvgIpc) is 2.80. The van der Waals surface area contributed by atoms with Gasteiger partial charge in [-0.1, -0.05) is 60.7 Å². The van der Waals surface area contributed by atoms with Crippen LogP contribution < -0.4 is 10.2 Å². The van der Waals surface area contributed by atoms with E-state index in [2.05, 4.69) is 17.9 Å². The molecule has 7 heteroatoms. The number of amides is 2. The maximum Gasteiger partial charge on any atom is 0.323 e. The molecule has 2 aromatic carbocycles. The lowest BCUT2D eigenvalue weighted by atomic mass is 9.99. The molecule has 0 spiro atoms. The summed E-state index contributed by atoms with van der Waals surface area (Å²) in [6.07, 6.45) is 3.67. The van der Waals surface area contributed by atoms with E-state index in [1.807, 2.05) is 30.3 Å². The molecule has 1 heterocycles. The quantitative estimate of drug-likeness (QED) is 0.639. The van der Waals surface area contributed by atoms with Crippen LogP contribution in [0.15, 0.2) is 60.7 Å². The summed E-state index contributed by atoms with van der Waals surface area (Å²) in [7, 11) is 0. The first kappa shape index (κ1) is 20.7. The Morgan fingerprint density at radius 3 is 2.48 bits per heavy atom. The number of benzene rings is 2. The Kier molecular flexibility index (Phi) is 6.08. The van der Waals surface area contributed by atoms with Gasteiger partial charge < -0.3 is 10.4 Å². The van der Waals surface area contributed by atoms with E-state index in [4.69, 9.17) is 0 Å². The van der Waals surface area contributed by atoms with Gasteiger partial charge in [-0.2, -0.15) is 12.6 Å². The number of rotatable bonds is 6. The molecule has 0 aromatic heterocycles. The Balaban J connectivity index is 1.82. The summed E-state index contributed by atoms with van der Waals surface area (Å²) in [4.78, 5) is 38.4. The Morgan fingerprint density at radius 1 is 1.14 bits per heavy atom. The largest absolute Gasteiger partial charge is 0.480 e. The number of hydrogen-bond acceptors (Lipinski definition) is 4. The number of carbonyl (C=O) groups is 3. The summed E-state index contributed by atoms with van der Waals surface area (Å²) < 4.78 is -1.05. The van der Waals surface area contributed by atoms with Crippen LogP contribution in [0.3, 0.4) is 0 Å². The number of nitrogens with one attached hydrogen (secondary N) is 1. The third-order valence-corrected chi connectivity index (χ3v) is 5.05. The highest BCUT2D eigenvalue weighted by atomic mass is 32.1. The molecule has 0 aliphatic carbocycles. The van der Waals surface area contributed by atoms with Crippen LogP contribution in [0.2, 0.25) is 0 Å². The van der Waals surface area contributed by atoms with Crippen LogP contribution in [0.4, 0.5) is 5.69 Å². The fourth-order valence-corrected chi connectivity index (χ4v) is 3.47. The van der Waals surface area contributed by atoms with Gasteiger partial charge >= 0.3 is 5.97 Å².